The average Bonchev–Trinajstić information content (AvgIpc) is 2.90. The number of allylic oxidation sites excluding steroid dienone is 2. The lowest BCUT2D eigenvalue weighted by Crippen LogP contribution is -2.16. The molecule has 0 saturated heterocycles. The maximum atomic E-state index is 11.8. The van der Waals surface area contributed by atoms with E-state index in [4.69, 9.17) is 9.47 Å². The van der Waals surface area contributed by atoms with E-state index in [1.165, 1.54) is 0 Å². The molecule has 92 valence electrons. The Morgan fingerprint density at radius 3 is 2.94 bits per heavy atom. The Morgan fingerprint density at radius 2 is 2.24 bits per heavy atom. The fourth-order valence-corrected chi connectivity index (χ4v) is 2.50. The van der Waals surface area contributed by atoms with Gasteiger partial charge in [-0.3, -0.25) is 0 Å². The fraction of sp³-hybridized carbons (Fsp3) is 0.538. The minimum Gasteiger partial charge on any atom is -0.463 e. The third kappa shape index (κ3) is 2.31. The largest absolute Gasteiger partial charge is 0.463 e. The topological polar surface area (TPSA) is 52.6 Å². The van der Waals surface area contributed by atoms with Crippen molar-refractivity contribution in [3.63, 3.8) is 0 Å². The third-order valence-corrected chi connectivity index (χ3v) is 3.19. The van der Waals surface area contributed by atoms with Gasteiger partial charge in [-0.05, 0) is 18.9 Å². The highest BCUT2D eigenvalue weighted by molar-refractivity contribution is 5.92. The zero-order chi connectivity index (χ0) is 12.3. The van der Waals surface area contributed by atoms with Gasteiger partial charge in [0.25, 0.3) is 0 Å². The predicted octanol–water partition coefficient (Wildman–Crippen LogP) is 1.27. The standard InChI is InChI=1S/C13H16O4/c1-2-17-13(15)12-10-4-3-9(7-10)11(12)8-16-6-5-14/h3-5,9-10H,2,6-8H2,1H3. The first-order valence-electron chi connectivity index (χ1n) is 5.87. The number of esters is 1. The molecule has 0 amide bonds. The number of hydrogen-bond acceptors (Lipinski definition) is 4. The van der Waals surface area contributed by atoms with Gasteiger partial charge in [0.15, 0.2) is 0 Å². The van der Waals surface area contributed by atoms with Crippen molar-refractivity contribution in [1.29, 1.82) is 0 Å². The van der Waals surface area contributed by atoms with E-state index in [2.05, 4.69) is 12.2 Å². The number of aldehydes is 1. The highest BCUT2D eigenvalue weighted by atomic mass is 16.5. The molecule has 2 rings (SSSR count). The first kappa shape index (κ1) is 12.0. The number of carbonyl (C=O) groups is 2. The maximum Gasteiger partial charge on any atom is 0.334 e. The molecule has 2 aliphatic rings. The Kier molecular flexibility index (Phi) is 3.74. The van der Waals surface area contributed by atoms with Crippen molar-refractivity contribution in [2.45, 2.75) is 13.3 Å². The van der Waals surface area contributed by atoms with Gasteiger partial charge in [-0.15, -0.1) is 0 Å². The number of fused-ring (bicyclic) bond motifs is 2. The van der Waals surface area contributed by atoms with Gasteiger partial charge in [0.2, 0.25) is 0 Å². The van der Waals surface area contributed by atoms with Gasteiger partial charge in [-0.25, -0.2) is 4.79 Å². The summed E-state index contributed by atoms with van der Waals surface area (Å²) in [6, 6.07) is 0. The number of rotatable bonds is 6. The van der Waals surface area contributed by atoms with Crippen LogP contribution in [0.25, 0.3) is 0 Å². The molecule has 0 spiro atoms. The molecule has 4 heteroatoms. The lowest BCUT2D eigenvalue weighted by molar-refractivity contribution is -0.139. The Morgan fingerprint density at radius 1 is 1.47 bits per heavy atom. The first-order valence-corrected chi connectivity index (χ1v) is 5.87. The van der Waals surface area contributed by atoms with E-state index >= 15 is 0 Å². The van der Waals surface area contributed by atoms with Crippen molar-refractivity contribution in [3.8, 4) is 0 Å². The summed E-state index contributed by atoms with van der Waals surface area (Å²) >= 11 is 0. The minimum absolute atomic E-state index is 0.0701. The van der Waals surface area contributed by atoms with E-state index in [1.807, 2.05) is 0 Å². The second-order valence-electron chi connectivity index (χ2n) is 4.17. The molecule has 0 aromatic carbocycles. The molecule has 0 aliphatic heterocycles. The number of hydrogen-bond donors (Lipinski definition) is 0. The summed E-state index contributed by atoms with van der Waals surface area (Å²) in [7, 11) is 0. The minimum atomic E-state index is -0.242. The molecule has 4 nitrogen and oxygen atoms in total. The summed E-state index contributed by atoms with van der Waals surface area (Å²) in [5, 5.41) is 0. The van der Waals surface area contributed by atoms with Crippen molar-refractivity contribution in [2.75, 3.05) is 19.8 Å². The van der Waals surface area contributed by atoms with Gasteiger partial charge in [-0.2, -0.15) is 0 Å². The fourth-order valence-electron chi connectivity index (χ4n) is 2.50. The molecule has 0 aromatic rings. The molecular formula is C13H16O4. The molecular weight excluding hydrogens is 220 g/mol. The smallest absolute Gasteiger partial charge is 0.334 e. The summed E-state index contributed by atoms with van der Waals surface area (Å²) in [5.41, 5.74) is 1.73. The van der Waals surface area contributed by atoms with E-state index in [-0.39, 0.29) is 24.4 Å². The van der Waals surface area contributed by atoms with Crippen LogP contribution in [0.4, 0.5) is 0 Å². The predicted molar refractivity (Wildman–Crippen MR) is 61.3 cm³/mol. The van der Waals surface area contributed by atoms with Gasteiger partial charge in [0, 0.05) is 17.4 Å². The number of ether oxygens (including phenoxy) is 2. The van der Waals surface area contributed by atoms with Crippen LogP contribution >= 0.6 is 0 Å². The van der Waals surface area contributed by atoms with Gasteiger partial charge in [0.1, 0.15) is 12.9 Å². The molecule has 0 radical (unpaired) electrons. The highest BCUT2D eigenvalue weighted by Crippen LogP contribution is 2.44. The molecule has 0 fully saturated rings. The molecule has 2 atom stereocenters. The first-order chi connectivity index (χ1) is 8.27. The highest BCUT2D eigenvalue weighted by Gasteiger charge is 2.38. The zero-order valence-corrected chi connectivity index (χ0v) is 9.85. The molecule has 17 heavy (non-hydrogen) atoms. The van der Waals surface area contributed by atoms with Crippen LogP contribution in [0.1, 0.15) is 13.3 Å². The number of carbonyl (C=O) groups excluding carboxylic acids is 2. The second-order valence-corrected chi connectivity index (χ2v) is 4.17. The van der Waals surface area contributed by atoms with Crippen molar-refractivity contribution < 1.29 is 19.1 Å². The van der Waals surface area contributed by atoms with E-state index in [1.54, 1.807) is 6.92 Å². The maximum absolute atomic E-state index is 11.8. The SMILES string of the molecule is CCOC(=O)C1=C(COCC=O)C2C=CC1C2. The van der Waals surface area contributed by atoms with Crippen molar-refractivity contribution in [1.82, 2.24) is 0 Å². The van der Waals surface area contributed by atoms with E-state index < -0.39 is 0 Å². The van der Waals surface area contributed by atoms with E-state index in [0.717, 1.165) is 17.6 Å². The van der Waals surface area contributed by atoms with Crippen LogP contribution in [0.3, 0.4) is 0 Å². The summed E-state index contributed by atoms with van der Waals surface area (Å²) in [5.74, 6) is 0.217. The van der Waals surface area contributed by atoms with E-state index in [0.29, 0.717) is 19.5 Å². The normalized spacial score (nSPS) is 25.5. The van der Waals surface area contributed by atoms with Crippen molar-refractivity contribution >= 4 is 12.3 Å². The molecule has 2 unspecified atom stereocenters. The Bertz CT molecular complexity index is 381. The van der Waals surface area contributed by atoms with Gasteiger partial charge >= 0.3 is 5.97 Å². The Balaban J connectivity index is 2.10. The van der Waals surface area contributed by atoms with Crippen LogP contribution in [0.15, 0.2) is 23.3 Å². The van der Waals surface area contributed by atoms with Crippen LogP contribution in [-0.2, 0) is 19.1 Å². The van der Waals surface area contributed by atoms with Gasteiger partial charge < -0.3 is 14.3 Å². The van der Waals surface area contributed by atoms with Crippen LogP contribution in [0.5, 0.6) is 0 Å². The summed E-state index contributed by atoms with van der Waals surface area (Å²) in [6.45, 7) is 2.59. The molecule has 0 aromatic heterocycles. The average molecular weight is 236 g/mol. The van der Waals surface area contributed by atoms with Crippen molar-refractivity contribution in [2.24, 2.45) is 11.8 Å². The summed E-state index contributed by atoms with van der Waals surface area (Å²) in [6.07, 6.45) is 5.81. The third-order valence-electron chi connectivity index (χ3n) is 3.19. The lowest BCUT2D eigenvalue weighted by atomic mass is 9.97. The lowest BCUT2D eigenvalue weighted by Gasteiger charge is -2.14. The van der Waals surface area contributed by atoms with Crippen LogP contribution in [0, 0.1) is 11.8 Å². The van der Waals surface area contributed by atoms with Crippen LogP contribution in [-0.4, -0.2) is 32.1 Å². The molecule has 0 N–H and O–H groups in total. The van der Waals surface area contributed by atoms with Gasteiger partial charge in [0.05, 0.1) is 13.2 Å². The van der Waals surface area contributed by atoms with Gasteiger partial charge in [-0.1, -0.05) is 12.2 Å². The second kappa shape index (κ2) is 5.27. The quantitative estimate of drug-likeness (QED) is 0.301. The Labute approximate surface area is 100 Å². The zero-order valence-electron chi connectivity index (χ0n) is 9.85. The van der Waals surface area contributed by atoms with Crippen molar-refractivity contribution in [3.05, 3.63) is 23.3 Å². The molecule has 0 saturated carbocycles. The van der Waals surface area contributed by atoms with Crippen LogP contribution < -0.4 is 0 Å². The van der Waals surface area contributed by atoms with E-state index in [9.17, 15) is 9.59 Å². The molecule has 2 bridgehead atoms. The summed E-state index contributed by atoms with van der Waals surface area (Å²) < 4.78 is 10.3. The summed E-state index contributed by atoms with van der Waals surface area (Å²) in [4.78, 5) is 22.0. The molecule has 0 heterocycles. The Hall–Kier alpha value is -1.42. The monoisotopic (exact) mass is 236 g/mol. The molecule has 2 aliphatic carbocycles. The van der Waals surface area contributed by atoms with Crippen LogP contribution in [0.2, 0.25) is 0 Å².